The third-order valence-electron chi connectivity index (χ3n) is 3.50. The van der Waals surface area contributed by atoms with Crippen molar-refractivity contribution in [3.05, 3.63) is 65.4 Å². The Balaban J connectivity index is 2.39. The molecule has 1 aromatic heterocycles. The number of hydrogen-bond acceptors (Lipinski definition) is 2. The van der Waals surface area contributed by atoms with E-state index in [9.17, 15) is 15.2 Å². The van der Waals surface area contributed by atoms with Crippen molar-refractivity contribution in [3.63, 3.8) is 0 Å². The van der Waals surface area contributed by atoms with Gasteiger partial charge in [-0.1, -0.05) is 34.1 Å². The van der Waals surface area contributed by atoms with Crippen molar-refractivity contribution in [1.82, 2.24) is 4.57 Å². The smallest absolute Gasteiger partial charge is 0.352 e. The van der Waals surface area contributed by atoms with Crippen molar-refractivity contribution in [3.8, 4) is 11.8 Å². The van der Waals surface area contributed by atoms with Crippen molar-refractivity contribution in [2.45, 2.75) is 5.33 Å². The van der Waals surface area contributed by atoms with Crippen LogP contribution in [0.15, 0.2) is 48.5 Å². The number of halogens is 1. The Morgan fingerprint density at radius 1 is 1.23 bits per heavy atom. The molecule has 0 fully saturated rings. The number of benzene rings is 2. The fraction of sp³-hybridized carbons (Fsp3) is 0.0588. The maximum Gasteiger partial charge on any atom is 0.352 e. The third-order valence-corrected chi connectivity index (χ3v) is 4.15. The van der Waals surface area contributed by atoms with Crippen LogP contribution in [0.5, 0.6) is 0 Å². The topological polar surface area (TPSA) is 66.0 Å². The van der Waals surface area contributed by atoms with Crippen LogP contribution in [0.25, 0.3) is 16.6 Å². The number of carboxylic acid groups (broad SMARTS) is 1. The molecular formula is C17H11BrN2O2. The molecule has 108 valence electrons. The highest BCUT2D eigenvalue weighted by Crippen LogP contribution is 2.27. The number of carbonyl (C=O) groups is 1. The molecule has 0 unspecified atom stereocenters. The summed E-state index contributed by atoms with van der Waals surface area (Å²) in [6.07, 6.45) is 0. The first-order chi connectivity index (χ1) is 10.7. The molecule has 0 atom stereocenters. The van der Waals surface area contributed by atoms with Crippen molar-refractivity contribution in [2.75, 3.05) is 0 Å². The van der Waals surface area contributed by atoms with E-state index in [4.69, 9.17) is 0 Å². The molecule has 0 amide bonds. The fourth-order valence-corrected chi connectivity index (χ4v) is 2.88. The Morgan fingerprint density at radius 2 is 2.00 bits per heavy atom. The summed E-state index contributed by atoms with van der Waals surface area (Å²) in [5.41, 5.74) is 2.99. The Morgan fingerprint density at radius 3 is 2.68 bits per heavy atom. The van der Waals surface area contributed by atoms with Crippen LogP contribution in [-0.4, -0.2) is 15.6 Å². The van der Waals surface area contributed by atoms with Gasteiger partial charge in [0.1, 0.15) is 11.8 Å². The predicted molar refractivity (Wildman–Crippen MR) is 87.6 cm³/mol. The van der Waals surface area contributed by atoms with Crippen molar-refractivity contribution < 1.29 is 9.90 Å². The van der Waals surface area contributed by atoms with Crippen LogP contribution in [0.1, 0.15) is 21.6 Å². The second-order valence-electron chi connectivity index (χ2n) is 4.83. The number of para-hydroxylation sites is 1. The van der Waals surface area contributed by atoms with Gasteiger partial charge in [0, 0.05) is 10.7 Å². The summed E-state index contributed by atoms with van der Waals surface area (Å²) in [5, 5.41) is 20.3. The number of rotatable bonds is 3. The minimum absolute atomic E-state index is 0.143. The van der Waals surface area contributed by atoms with Crippen molar-refractivity contribution in [1.29, 1.82) is 5.26 Å². The summed E-state index contributed by atoms with van der Waals surface area (Å²) >= 11 is 3.40. The Bertz CT molecular complexity index is 922. The molecule has 0 saturated carbocycles. The van der Waals surface area contributed by atoms with Crippen LogP contribution < -0.4 is 0 Å². The molecule has 5 heteroatoms. The highest BCUT2D eigenvalue weighted by atomic mass is 79.9. The lowest BCUT2D eigenvalue weighted by Gasteiger charge is -2.10. The maximum absolute atomic E-state index is 11.6. The second kappa shape index (κ2) is 5.66. The number of aromatic carboxylic acids is 1. The minimum atomic E-state index is -1.02. The number of hydrogen-bond donors (Lipinski definition) is 1. The van der Waals surface area contributed by atoms with Gasteiger partial charge in [0.2, 0.25) is 0 Å². The van der Waals surface area contributed by atoms with Crippen molar-refractivity contribution >= 4 is 32.8 Å². The molecule has 1 N–H and O–H groups in total. The molecule has 4 nitrogen and oxygen atoms in total. The number of aromatic nitrogens is 1. The standard InChI is InChI=1S/C17H11BrN2O2/c18-9-11-5-6-15-13(7-11)8-16(17(21)22)20(15)14-4-2-1-3-12(14)10-19/h1-8H,9H2,(H,21,22). The van der Waals surface area contributed by atoms with Gasteiger partial charge in [0.05, 0.1) is 16.8 Å². The second-order valence-corrected chi connectivity index (χ2v) is 5.39. The monoisotopic (exact) mass is 354 g/mol. The quantitative estimate of drug-likeness (QED) is 0.720. The number of nitriles is 1. The van der Waals surface area contributed by atoms with E-state index < -0.39 is 5.97 Å². The number of nitrogens with zero attached hydrogens (tertiary/aromatic N) is 2. The van der Waals surface area contributed by atoms with E-state index >= 15 is 0 Å². The Hall–Kier alpha value is -2.58. The number of fused-ring (bicyclic) bond motifs is 1. The van der Waals surface area contributed by atoms with Gasteiger partial charge in [-0.2, -0.15) is 5.26 Å². The molecule has 0 bridgehead atoms. The SMILES string of the molecule is N#Cc1ccccc1-n1c(C(=O)O)cc2cc(CBr)ccc21. The van der Waals surface area contributed by atoms with Gasteiger partial charge in [0.25, 0.3) is 0 Å². The largest absolute Gasteiger partial charge is 0.477 e. The van der Waals surface area contributed by atoms with Crippen LogP contribution >= 0.6 is 15.9 Å². The normalized spacial score (nSPS) is 10.5. The van der Waals surface area contributed by atoms with Crippen LogP contribution in [0.2, 0.25) is 0 Å². The first-order valence-electron chi connectivity index (χ1n) is 6.59. The van der Waals surface area contributed by atoms with Crippen LogP contribution in [0.4, 0.5) is 0 Å². The molecule has 0 aliphatic rings. The van der Waals surface area contributed by atoms with Gasteiger partial charge in [-0.15, -0.1) is 0 Å². The first kappa shape index (κ1) is 14.4. The zero-order valence-corrected chi connectivity index (χ0v) is 13.0. The van der Waals surface area contributed by atoms with E-state index in [0.29, 0.717) is 16.6 Å². The molecule has 3 rings (SSSR count). The van der Waals surface area contributed by atoms with Gasteiger partial charge < -0.3 is 9.67 Å². The molecule has 0 spiro atoms. The number of carboxylic acids is 1. The molecule has 0 radical (unpaired) electrons. The Kier molecular flexibility index (Phi) is 3.70. The minimum Gasteiger partial charge on any atom is -0.477 e. The van der Waals surface area contributed by atoms with Gasteiger partial charge in [-0.3, -0.25) is 0 Å². The Labute approximate surface area is 135 Å². The average Bonchev–Trinajstić information content (AvgIpc) is 2.93. The average molecular weight is 355 g/mol. The van der Waals surface area contributed by atoms with Gasteiger partial charge in [0.15, 0.2) is 0 Å². The summed E-state index contributed by atoms with van der Waals surface area (Å²) in [5.74, 6) is -1.02. The van der Waals surface area contributed by atoms with E-state index in [1.165, 1.54) is 0 Å². The summed E-state index contributed by atoms with van der Waals surface area (Å²) in [6, 6.07) is 16.5. The molecule has 2 aromatic carbocycles. The highest BCUT2D eigenvalue weighted by Gasteiger charge is 2.18. The molecule has 22 heavy (non-hydrogen) atoms. The molecule has 0 saturated heterocycles. The highest BCUT2D eigenvalue weighted by molar-refractivity contribution is 9.08. The lowest BCUT2D eigenvalue weighted by Crippen LogP contribution is -2.07. The van der Waals surface area contributed by atoms with Gasteiger partial charge in [-0.05, 0) is 35.9 Å². The summed E-state index contributed by atoms with van der Waals surface area (Å²) in [7, 11) is 0. The van der Waals surface area contributed by atoms with Crippen LogP contribution in [0, 0.1) is 11.3 Å². The van der Waals surface area contributed by atoms with E-state index in [-0.39, 0.29) is 5.69 Å². The lowest BCUT2D eigenvalue weighted by molar-refractivity contribution is 0.0688. The summed E-state index contributed by atoms with van der Waals surface area (Å²) < 4.78 is 1.62. The van der Waals surface area contributed by atoms with E-state index in [1.807, 2.05) is 18.2 Å². The van der Waals surface area contributed by atoms with Crippen LogP contribution in [0.3, 0.4) is 0 Å². The molecule has 0 aliphatic carbocycles. The third kappa shape index (κ3) is 2.28. The summed E-state index contributed by atoms with van der Waals surface area (Å²) in [6.45, 7) is 0. The van der Waals surface area contributed by atoms with Crippen molar-refractivity contribution in [2.24, 2.45) is 0 Å². The molecular weight excluding hydrogens is 344 g/mol. The van der Waals surface area contributed by atoms with E-state index in [1.54, 1.807) is 34.9 Å². The van der Waals surface area contributed by atoms with Gasteiger partial charge >= 0.3 is 5.97 Å². The molecule has 0 aliphatic heterocycles. The summed E-state index contributed by atoms with van der Waals surface area (Å²) in [4.78, 5) is 11.6. The lowest BCUT2D eigenvalue weighted by atomic mass is 10.1. The first-order valence-corrected chi connectivity index (χ1v) is 7.71. The van der Waals surface area contributed by atoms with Gasteiger partial charge in [-0.25, -0.2) is 4.79 Å². The van der Waals surface area contributed by atoms with Crippen LogP contribution in [-0.2, 0) is 5.33 Å². The maximum atomic E-state index is 11.6. The molecule has 3 aromatic rings. The predicted octanol–water partition coefficient (Wildman–Crippen LogP) is 4.10. The zero-order chi connectivity index (χ0) is 15.7. The number of alkyl halides is 1. The fourth-order valence-electron chi connectivity index (χ4n) is 2.53. The zero-order valence-electron chi connectivity index (χ0n) is 11.5. The molecule has 1 heterocycles. The van der Waals surface area contributed by atoms with E-state index in [0.717, 1.165) is 16.5 Å². The van der Waals surface area contributed by atoms with E-state index in [2.05, 4.69) is 22.0 Å².